The highest BCUT2D eigenvalue weighted by molar-refractivity contribution is 6.42. The number of halogens is 3. The summed E-state index contributed by atoms with van der Waals surface area (Å²) >= 11 is 12.2. The maximum atomic E-state index is 13.9. The van der Waals surface area contributed by atoms with E-state index in [0.717, 1.165) is 37.0 Å². The van der Waals surface area contributed by atoms with Gasteiger partial charge in [-0.05, 0) is 49.6 Å². The Kier molecular flexibility index (Phi) is 6.83. The van der Waals surface area contributed by atoms with Crippen molar-refractivity contribution >= 4 is 40.1 Å². The lowest BCUT2D eigenvalue weighted by molar-refractivity contribution is 0.0734. The number of hydrogen-bond donors (Lipinski definition) is 0. The number of benzene rings is 2. The van der Waals surface area contributed by atoms with E-state index in [-0.39, 0.29) is 11.7 Å². The summed E-state index contributed by atoms with van der Waals surface area (Å²) in [6.45, 7) is 3.07. The summed E-state index contributed by atoms with van der Waals surface area (Å²) in [6.07, 6.45) is 6.34. The van der Waals surface area contributed by atoms with Gasteiger partial charge in [0.15, 0.2) is 0 Å². The largest absolute Gasteiger partial charge is 0.331 e. The van der Waals surface area contributed by atoms with Crippen molar-refractivity contribution < 1.29 is 9.18 Å². The Morgan fingerprint density at radius 2 is 1.94 bits per heavy atom. The third-order valence-electron chi connectivity index (χ3n) is 5.98. The number of amides is 1. The molecular formula is C24H26Cl2FN3O. The fourth-order valence-electron chi connectivity index (χ4n) is 4.39. The summed E-state index contributed by atoms with van der Waals surface area (Å²) < 4.78 is 16.1. The van der Waals surface area contributed by atoms with Gasteiger partial charge in [0.2, 0.25) is 0 Å². The van der Waals surface area contributed by atoms with Crippen LogP contribution in [0.1, 0.15) is 67.7 Å². The van der Waals surface area contributed by atoms with Crippen molar-refractivity contribution in [2.24, 2.45) is 0 Å². The van der Waals surface area contributed by atoms with Crippen LogP contribution in [-0.2, 0) is 6.54 Å². The van der Waals surface area contributed by atoms with Crippen LogP contribution in [0.2, 0.25) is 10.0 Å². The summed E-state index contributed by atoms with van der Waals surface area (Å²) in [6, 6.07) is 10.0. The Balaban J connectivity index is 1.71. The molecule has 0 saturated heterocycles. The molecule has 0 aliphatic heterocycles. The van der Waals surface area contributed by atoms with Gasteiger partial charge in [0.25, 0.3) is 5.91 Å². The molecule has 2 aromatic carbocycles. The van der Waals surface area contributed by atoms with Crippen LogP contribution in [0, 0.1) is 5.82 Å². The minimum Gasteiger partial charge on any atom is -0.331 e. The van der Waals surface area contributed by atoms with E-state index in [4.69, 9.17) is 28.2 Å². The average molecular weight is 462 g/mol. The lowest BCUT2D eigenvalue weighted by atomic mass is 10.1. The maximum absolute atomic E-state index is 13.9. The zero-order chi connectivity index (χ0) is 22.0. The Hall–Kier alpha value is -2.11. The molecule has 1 aromatic heterocycles. The number of unbranched alkanes of at least 4 members (excludes halogenated alkanes) is 1. The Labute approximate surface area is 192 Å². The highest BCUT2D eigenvalue weighted by atomic mass is 35.5. The topological polar surface area (TPSA) is 38.1 Å². The molecule has 4 rings (SSSR count). The van der Waals surface area contributed by atoms with E-state index >= 15 is 0 Å². The van der Waals surface area contributed by atoms with Crippen molar-refractivity contribution in [3.8, 4) is 0 Å². The van der Waals surface area contributed by atoms with Crippen molar-refractivity contribution in [3.05, 3.63) is 63.6 Å². The van der Waals surface area contributed by atoms with Crippen molar-refractivity contribution in [1.82, 2.24) is 14.5 Å². The lowest BCUT2D eigenvalue weighted by Gasteiger charge is -2.25. The molecule has 0 atom stereocenters. The molecule has 0 N–H and O–H groups in total. The first-order chi connectivity index (χ1) is 15.0. The molecule has 7 heteroatoms. The number of carbonyl (C=O) groups excluding carboxylic acids is 1. The SMILES string of the molecule is CCCCN(Cc1nc2cc(F)ccc2n1C1CCCC1)C(=O)c1ccc(Cl)c(Cl)c1. The standard InChI is InChI=1S/C24H26Cl2FN3O/c1-2-3-12-29(24(31)16-8-10-19(25)20(26)13-16)15-23-28-21-14-17(27)9-11-22(21)30(23)18-6-4-5-7-18/h8-11,13-14,18H,2-7,12,15H2,1H3. The molecule has 1 amide bonds. The minimum atomic E-state index is -0.301. The number of carbonyl (C=O) groups is 1. The molecule has 31 heavy (non-hydrogen) atoms. The number of nitrogens with zero attached hydrogens (tertiary/aromatic N) is 3. The predicted octanol–water partition coefficient (Wildman–Crippen LogP) is 7.04. The van der Waals surface area contributed by atoms with E-state index in [1.807, 2.05) is 4.90 Å². The van der Waals surface area contributed by atoms with Gasteiger partial charge in [-0.3, -0.25) is 4.79 Å². The van der Waals surface area contributed by atoms with Gasteiger partial charge in [-0.25, -0.2) is 9.37 Å². The van der Waals surface area contributed by atoms with E-state index in [9.17, 15) is 9.18 Å². The minimum absolute atomic E-state index is 0.108. The first kappa shape index (κ1) is 22.1. The first-order valence-corrected chi connectivity index (χ1v) is 11.6. The van der Waals surface area contributed by atoms with Gasteiger partial charge in [-0.2, -0.15) is 0 Å². The molecule has 1 aliphatic rings. The van der Waals surface area contributed by atoms with Crippen LogP contribution < -0.4 is 0 Å². The van der Waals surface area contributed by atoms with E-state index in [0.29, 0.717) is 40.3 Å². The average Bonchev–Trinajstić information content (AvgIpc) is 3.39. The molecular weight excluding hydrogens is 436 g/mol. The number of hydrogen-bond acceptors (Lipinski definition) is 2. The number of fused-ring (bicyclic) bond motifs is 1. The van der Waals surface area contributed by atoms with Crippen LogP contribution in [0.25, 0.3) is 11.0 Å². The van der Waals surface area contributed by atoms with Crippen LogP contribution >= 0.6 is 23.2 Å². The molecule has 3 aromatic rings. The van der Waals surface area contributed by atoms with E-state index in [2.05, 4.69) is 11.5 Å². The summed E-state index contributed by atoms with van der Waals surface area (Å²) in [7, 11) is 0. The fourth-order valence-corrected chi connectivity index (χ4v) is 4.69. The normalized spacial score (nSPS) is 14.5. The molecule has 0 spiro atoms. The molecule has 1 heterocycles. The smallest absolute Gasteiger partial charge is 0.254 e. The molecule has 1 aliphatic carbocycles. The second kappa shape index (κ2) is 9.58. The van der Waals surface area contributed by atoms with Crippen LogP contribution in [-0.4, -0.2) is 26.9 Å². The summed E-state index contributed by atoms with van der Waals surface area (Å²) in [4.78, 5) is 19.9. The molecule has 164 valence electrons. The van der Waals surface area contributed by atoms with Crippen molar-refractivity contribution in [1.29, 1.82) is 0 Å². The van der Waals surface area contributed by atoms with Crippen LogP contribution in [0.15, 0.2) is 36.4 Å². The molecule has 1 saturated carbocycles. The third kappa shape index (κ3) is 4.73. The van der Waals surface area contributed by atoms with Gasteiger partial charge in [-0.15, -0.1) is 0 Å². The Morgan fingerprint density at radius 1 is 1.16 bits per heavy atom. The molecule has 0 bridgehead atoms. The number of aromatic nitrogens is 2. The Morgan fingerprint density at radius 3 is 2.65 bits per heavy atom. The van der Waals surface area contributed by atoms with E-state index < -0.39 is 0 Å². The summed E-state index contributed by atoms with van der Waals surface area (Å²) in [5.74, 6) is 0.394. The third-order valence-corrected chi connectivity index (χ3v) is 6.72. The predicted molar refractivity (Wildman–Crippen MR) is 123 cm³/mol. The zero-order valence-electron chi connectivity index (χ0n) is 17.6. The maximum Gasteiger partial charge on any atom is 0.254 e. The highest BCUT2D eigenvalue weighted by Crippen LogP contribution is 2.34. The van der Waals surface area contributed by atoms with Crippen LogP contribution in [0.5, 0.6) is 0 Å². The van der Waals surface area contributed by atoms with Crippen molar-refractivity contribution in [2.45, 2.75) is 58.0 Å². The van der Waals surface area contributed by atoms with Gasteiger partial charge >= 0.3 is 0 Å². The highest BCUT2D eigenvalue weighted by Gasteiger charge is 2.25. The second-order valence-electron chi connectivity index (χ2n) is 8.18. The lowest BCUT2D eigenvalue weighted by Crippen LogP contribution is -2.33. The Bertz CT molecular complexity index is 1090. The first-order valence-electron chi connectivity index (χ1n) is 10.9. The van der Waals surface area contributed by atoms with Crippen LogP contribution in [0.4, 0.5) is 4.39 Å². The molecule has 4 nitrogen and oxygen atoms in total. The molecule has 0 unspecified atom stereocenters. The quantitative estimate of drug-likeness (QED) is 0.378. The number of rotatable bonds is 7. The van der Waals surface area contributed by atoms with Crippen molar-refractivity contribution in [3.63, 3.8) is 0 Å². The number of imidazole rings is 1. The van der Waals surface area contributed by atoms with Crippen LogP contribution in [0.3, 0.4) is 0 Å². The zero-order valence-corrected chi connectivity index (χ0v) is 19.1. The van der Waals surface area contributed by atoms with Gasteiger partial charge in [0.1, 0.15) is 11.6 Å². The summed E-state index contributed by atoms with van der Waals surface area (Å²) in [5, 5.41) is 0.778. The van der Waals surface area contributed by atoms with E-state index in [1.54, 1.807) is 24.3 Å². The van der Waals surface area contributed by atoms with Crippen molar-refractivity contribution in [2.75, 3.05) is 6.54 Å². The monoisotopic (exact) mass is 461 g/mol. The fraction of sp³-hybridized carbons (Fsp3) is 0.417. The van der Waals surface area contributed by atoms with E-state index in [1.165, 1.54) is 25.0 Å². The van der Waals surface area contributed by atoms with Gasteiger partial charge < -0.3 is 9.47 Å². The molecule has 1 fully saturated rings. The van der Waals surface area contributed by atoms with Gasteiger partial charge in [0, 0.05) is 24.2 Å². The molecule has 0 radical (unpaired) electrons. The van der Waals surface area contributed by atoms with Gasteiger partial charge in [0.05, 0.1) is 27.6 Å². The van der Waals surface area contributed by atoms with Gasteiger partial charge in [-0.1, -0.05) is 49.4 Å². The second-order valence-corrected chi connectivity index (χ2v) is 8.99. The summed E-state index contributed by atoms with van der Waals surface area (Å²) in [5.41, 5.74) is 2.07.